The Kier molecular flexibility index (Phi) is 13.5. The van der Waals surface area contributed by atoms with Gasteiger partial charge in [-0.05, 0) is 42.7 Å². The molecule has 2 aromatic carbocycles. The molecule has 0 aliphatic carbocycles. The number of ether oxygens (including phenoxy) is 1. The third kappa shape index (κ3) is 10.4. The molecule has 0 aromatic heterocycles. The average molecular weight is 457 g/mol. The Labute approximate surface area is 209 Å². The molecule has 0 radical (unpaired) electrons. The number of hydrogen-bond donors (Lipinski definition) is 1. The number of para-hydroxylation sites is 1. The molecule has 0 bridgehead atoms. The van der Waals surface area contributed by atoms with E-state index in [2.05, 4.69) is 6.92 Å². The molecule has 0 spiro atoms. The number of unbranched alkanes of at least 4 members (excludes halogenated alkanes) is 9. The Morgan fingerprint density at radius 3 is 2.03 bits per heavy atom. The molecule has 7 heteroatoms. The van der Waals surface area contributed by atoms with Crippen molar-refractivity contribution in [3.63, 3.8) is 0 Å². The van der Waals surface area contributed by atoms with Gasteiger partial charge < -0.3 is 9.84 Å². The number of rotatable bonds is 14. The van der Waals surface area contributed by atoms with Crippen molar-refractivity contribution in [2.45, 2.75) is 82.4 Å². The van der Waals surface area contributed by atoms with Gasteiger partial charge in [-0.1, -0.05) is 88.7 Å². The van der Waals surface area contributed by atoms with E-state index in [1.165, 1.54) is 63.9 Å². The molecule has 166 valence electrons. The minimum atomic E-state index is -4.53. The maximum Gasteiger partial charge on any atom is 1.00 e. The fourth-order valence-corrected chi connectivity index (χ4v) is 4.06. The monoisotopic (exact) mass is 456 g/mol. The number of benzene rings is 2. The van der Waals surface area contributed by atoms with Crippen molar-refractivity contribution in [3.8, 4) is 17.2 Å². The summed E-state index contributed by atoms with van der Waals surface area (Å²) in [6, 6.07) is 11.2. The van der Waals surface area contributed by atoms with Gasteiger partial charge in [0.15, 0.2) is 0 Å². The van der Waals surface area contributed by atoms with E-state index in [-0.39, 0.29) is 35.3 Å². The molecule has 0 fully saturated rings. The van der Waals surface area contributed by atoms with Crippen molar-refractivity contribution >= 4 is 10.1 Å². The van der Waals surface area contributed by atoms with Crippen LogP contribution in [-0.4, -0.2) is 13.0 Å². The van der Waals surface area contributed by atoms with Crippen molar-refractivity contribution in [2.24, 2.45) is 0 Å². The van der Waals surface area contributed by atoms with Crippen molar-refractivity contribution in [2.75, 3.05) is 0 Å². The number of hydrogen-bond acceptors (Lipinski definition) is 4. The maximum absolute atomic E-state index is 11.9. The molecule has 0 saturated carbocycles. The summed E-state index contributed by atoms with van der Waals surface area (Å²) in [5, 5.41) is 11.9. The van der Waals surface area contributed by atoms with Crippen LogP contribution in [0.1, 0.15) is 76.7 Å². The third-order valence-corrected chi connectivity index (χ3v) is 6.09. The quantitative estimate of drug-likeness (QED) is 0.268. The van der Waals surface area contributed by atoms with E-state index < -0.39 is 20.8 Å². The predicted molar refractivity (Wildman–Crippen MR) is 118 cm³/mol. The molecule has 0 atom stereocenters. The van der Waals surface area contributed by atoms with Crippen LogP contribution < -0.4 is 39.4 Å². The van der Waals surface area contributed by atoms with Gasteiger partial charge in [0.2, 0.25) is 0 Å². The second kappa shape index (κ2) is 14.9. The van der Waals surface area contributed by atoms with Crippen LogP contribution in [0, 0.1) is 0 Å². The van der Waals surface area contributed by atoms with E-state index in [9.17, 15) is 13.5 Å². The average Bonchev–Trinajstić information content (AvgIpc) is 2.69. The first-order valence-corrected chi connectivity index (χ1v) is 12.4. The van der Waals surface area contributed by atoms with E-state index in [1.54, 1.807) is 0 Å². The molecule has 0 aliphatic heterocycles. The summed E-state index contributed by atoms with van der Waals surface area (Å²) in [7, 11) is -4.53. The van der Waals surface area contributed by atoms with E-state index in [0.717, 1.165) is 30.5 Å². The molecule has 2 aromatic rings. The fourth-order valence-electron chi connectivity index (χ4n) is 3.50. The van der Waals surface area contributed by atoms with Gasteiger partial charge in [0, 0.05) is 0 Å². The summed E-state index contributed by atoms with van der Waals surface area (Å²) in [4.78, 5) is -0.645. The molecule has 5 nitrogen and oxygen atoms in total. The predicted octanol–water partition coefficient (Wildman–Crippen LogP) is 3.27. The molecule has 2 rings (SSSR count). The molecule has 0 aliphatic rings. The SMILES string of the molecule is CCCCCCCCCCCCc1ccccc1Oc1ccc(S(=O)(=O)O)c([O-])c1.[Na+]. The van der Waals surface area contributed by atoms with Crippen molar-refractivity contribution in [1.29, 1.82) is 0 Å². The van der Waals surface area contributed by atoms with Crippen LogP contribution in [-0.2, 0) is 16.5 Å². The molecule has 1 N–H and O–H groups in total. The van der Waals surface area contributed by atoms with Crippen LogP contribution in [0.25, 0.3) is 0 Å². The third-order valence-electron chi connectivity index (χ3n) is 5.19. The summed E-state index contributed by atoms with van der Waals surface area (Å²) in [6.45, 7) is 2.24. The fraction of sp³-hybridized carbons (Fsp3) is 0.500. The molecule has 0 saturated heterocycles. The summed E-state index contributed by atoms with van der Waals surface area (Å²) < 4.78 is 37.2. The Morgan fingerprint density at radius 1 is 0.871 bits per heavy atom. The molecule has 31 heavy (non-hydrogen) atoms. The molecular weight excluding hydrogens is 423 g/mol. The normalized spacial score (nSPS) is 11.2. The van der Waals surface area contributed by atoms with Crippen LogP contribution in [0.5, 0.6) is 17.2 Å². The first-order chi connectivity index (χ1) is 14.4. The Hall–Kier alpha value is -1.05. The first kappa shape index (κ1) is 28.0. The largest absolute Gasteiger partial charge is 1.00 e. The summed E-state index contributed by atoms with van der Waals surface area (Å²) in [6.07, 6.45) is 13.7. The van der Waals surface area contributed by atoms with Crippen LogP contribution in [0.2, 0.25) is 0 Å². The van der Waals surface area contributed by atoms with Crippen LogP contribution >= 0.6 is 0 Å². The molecule has 0 heterocycles. The van der Waals surface area contributed by atoms with Gasteiger partial charge in [-0.25, -0.2) is 0 Å². The van der Waals surface area contributed by atoms with Gasteiger partial charge in [-0.2, -0.15) is 8.42 Å². The van der Waals surface area contributed by atoms with Gasteiger partial charge in [0.1, 0.15) is 11.5 Å². The van der Waals surface area contributed by atoms with Crippen LogP contribution in [0.3, 0.4) is 0 Å². The van der Waals surface area contributed by atoms with Gasteiger partial charge in [-0.15, -0.1) is 0 Å². The minimum Gasteiger partial charge on any atom is -0.871 e. The molecular formula is C24H33NaO5S. The topological polar surface area (TPSA) is 86.7 Å². The second-order valence-electron chi connectivity index (χ2n) is 7.73. The van der Waals surface area contributed by atoms with Gasteiger partial charge in [0.25, 0.3) is 10.1 Å². The molecule has 0 amide bonds. The zero-order chi connectivity index (χ0) is 21.8. The van der Waals surface area contributed by atoms with E-state index in [4.69, 9.17) is 9.29 Å². The Morgan fingerprint density at radius 2 is 1.45 bits per heavy atom. The summed E-state index contributed by atoms with van der Waals surface area (Å²) >= 11 is 0. The number of aryl methyl sites for hydroxylation is 1. The molecule has 0 unspecified atom stereocenters. The standard InChI is InChI=1S/C24H34O5S.Na/c1-2-3-4-5-6-7-8-9-10-11-14-20-15-12-13-16-23(20)29-21-17-18-24(22(25)19-21)30(26,27)28;/h12-13,15-19,25H,2-11,14H2,1H3,(H,26,27,28);/q;+1/p-1. The maximum atomic E-state index is 11.9. The van der Waals surface area contributed by atoms with Crippen molar-refractivity contribution < 1.29 is 52.4 Å². The minimum absolute atomic E-state index is 0. The smallest absolute Gasteiger partial charge is 0.871 e. The first-order valence-electron chi connectivity index (χ1n) is 11.0. The van der Waals surface area contributed by atoms with E-state index in [1.807, 2.05) is 24.3 Å². The zero-order valence-electron chi connectivity index (χ0n) is 18.8. The second-order valence-corrected chi connectivity index (χ2v) is 9.12. The van der Waals surface area contributed by atoms with Gasteiger partial charge >= 0.3 is 29.6 Å². The summed E-state index contributed by atoms with van der Waals surface area (Å²) in [5.74, 6) is 0.123. The Balaban J connectivity index is 0.00000480. The van der Waals surface area contributed by atoms with Crippen LogP contribution in [0.15, 0.2) is 47.4 Å². The van der Waals surface area contributed by atoms with E-state index >= 15 is 0 Å². The van der Waals surface area contributed by atoms with Gasteiger partial charge in [-0.3, -0.25) is 4.55 Å². The van der Waals surface area contributed by atoms with Gasteiger partial charge in [0.05, 0.1) is 4.90 Å². The van der Waals surface area contributed by atoms with Crippen molar-refractivity contribution in [1.82, 2.24) is 0 Å². The zero-order valence-corrected chi connectivity index (χ0v) is 21.6. The van der Waals surface area contributed by atoms with Crippen LogP contribution in [0.4, 0.5) is 0 Å². The summed E-state index contributed by atoms with van der Waals surface area (Å²) in [5.41, 5.74) is 1.06. The Bertz CT molecular complexity index is 883. The van der Waals surface area contributed by atoms with Crippen molar-refractivity contribution in [3.05, 3.63) is 48.0 Å². The van der Waals surface area contributed by atoms with E-state index in [0.29, 0.717) is 5.75 Å².